The highest BCUT2D eigenvalue weighted by atomic mass is 127. The lowest BCUT2D eigenvalue weighted by molar-refractivity contribution is 0.0689. The Kier molecular flexibility index (Phi) is 14.2. The largest absolute Gasteiger partial charge is 0.382 e. The third-order valence-corrected chi connectivity index (χ3v) is 6.29. The first-order valence-electron chi connectivity index (χ1n) is 10.4. The summed E-state index contributed by atoms with van der Waals surface area (Å²) in [5.41, 5.74) is 0.240. The van der Waals surface area contributed by atoms with Crippen LogP contribution >= 0.6 is 35.3 Å². The molecule has 1 aromatic heterocycles. The predicted molar refractivity (Wildman–Crippen MR) is 130 cm³/mol. The van der Waals surface area contributed by atoms with Gasteiger partial charge in [-0.2, -0.15) is 0 Å². The Labute approximate surface area is 192 Å². The Bertz CT molecular complexity index is 520. The number of ether oxygens (including phenoxy) is 2. The molecule has 1 heterocycles. The number of methoxy groups -OCH3 is 1. The van der Waals surface area contributed by atoms with Gasteiger partial charge >= 0.3 is 0 Å². The van der Waals surface area contributed by atoms with Gasteiger partial charge in [0.15, 0.2) is 5.96 Å². The zero-order valence-electron chi connectivity index (χ0n) is 17.5. The SMILES string of the molecule is CCNC(=NCC1(c2cccs2)CCCCC1)NCCCCOCCOC.I. The zero-order chi connectivity index (χ0) is 19.2. The van der Waals surface area contributed by atoms with E-state index in [1.54, 1.807) is 7.11 Å². The minimum Gasteiger partial charge on any atom is -0.382 e. The molecule has 0 aromatic carbocycles. The van der Waals surface area contributed by atoms with Crippen molar-refractivity contribution in [3.63, 3.8) is 0 Å². The molecule has 1 fully saturated rings. The molecule has 0 amide bonds. The van der Waals surface area contributed by atoms with Crippen molar-refractivity contribution in [3.8, 4) is 0 Å². The van der Waals surface area contributed by atoms with Crippen molar-refractivity contribution in [2.75, 3.05) is 46.6 Å². The normalized spacial score (nSPS) is 16.4. The van der Waals surface area contributed by atoms with Gasteiger partial charge in [-0.15, -0.1) is 35.3 Å². The van der Waals surface area contributed by atoms with Crippen molar-refractivity contribution in [3.05, 3.63) is 22.4 Å². The van der Waals surface area contributed by atoms with Gasteiger partial charge in [0, 0.05) is 37.1 Å². The Hall–Kier alpha value is -0.380. The van der Waals surface area contributed by atoms with Crippen molar-refractivity contribution in [1.82, 2.24) is 10.6 Å². The van der Waals surface area contributed by atoms with Crippen LogP contribution in [0, 0.1) is 0 Å². The molecule has 0 aliphatic heterocycles. The van der Waals surface area contributed by atoms with Gasteiger partial charge in [0.2, 0.25) is 0 Å². The van der Waals surface area contributed by atoms with Crippen LogP contribution in [0.4, 0.5) is 0 Å². The van der Waals surface area contributed by atoms with Gasteiger partial charge in [-0.05, 0) is 44.1 Å². The number of halogens is 1. The molecule has 0 unspecified atom stereocenters. The van der Waals surface area contributed by atoms with Crippen LogP contribution in [0.15, 0.2) is 22.5 Å². The fraction of sp³-hybridized carbons (Fsp3) is 0.762. The minimum absolute atomic E-state index is 0. The second kappa shape index (κ2) is 15.5. The molecule has 162 valence electrons. The second-order valence-electron chi connectivity index (χ2n) is 7.25. The first kappa shape index (κ1) is 25.7. The van der Waals surface area contributed by atoms with E-state index in [2.05, 4.69) is 35.1 Å². The van der Waals surface area contributed by atoms with Gasteiger partial charge in [0.05, 0.1) is 19.8 Å². The lowest BCUT2D eigenvalue weighted by Gasteiger charge is -2.35. The number of hydrogen-bond acceptors (Lipinski definition) is 4. The summed E-state index contributed by atoms with van der Waals surface area (Å²) < 4.78 is 10.5. The number of rotatable bonds is 12. The molecule has 7 heteroatoms. The van der Waals surface area contributed by atoms with Crippen molar-refractivity contribution in [1.29, 1.82) is 0 Å². The number of guanidine groups is 1. The van der Waals surface area contributed by atoms with Gasteiger partial charge in [-0.3, -0.25) is 4.99 Å². The fourth-order valence-corrected chi connectivity index (χ4v) is 4.62. The predicted octanol–water partition coefficient (Wildman–Crippen LogP) is 4.57. The first-order chi connectivity index (χ1) is 13.3. The summed E-state index contributed by atoms with van der Waals surface area (Å²) in [7, 11) is 1.70. The second-order valence-corrected chi connectivity index (χ2v) is 8.20. The summed E-state index contributed by atoms with van der Waals surface area (Å²) in [6.07, 6.45) is 8.65. The van der Waals surface area contributed by atoms with E-state index in [4.69, 9.17) is 14.5 Å². The number of unbranched alkanes of at least 4 members (excludes halogenated alkanes) is 1. The van der Waals surface area contributed by atoms with E-state index in [1.165, 1.54) is 37.0 Å². The quantitative estimate of drug-likeness (QED) is 0.183. The summed E-state index contributed by atoms with van der Waals surface area (Å²) in [6.45, 7) is 6.95. The van der Waals surface area contributed by atoms with E-state index in [0.29, 0.717) is 13.2 Å². The molecule has 28 heavy (non-hydrogen) atoms. The van der Waals surface area contributed by atoms with E-state index in [1.807, 2.05) is 11.3 Å². The minimum atomic E-state index is 0. The molecule has 1 aromatic rings. The molecule has 0 spiro atoms. The fourth-order valence-electron chi connectivity index (χ4n) is 3.64. The summed E-state index contributed by atoms with van der Waals surface area (Å²) in [5.74, 6) is 0.944. The van der Waals surface area contributed by atoms with Crippen LogP contribution in [-0.4, -0.2) is 52.5 Å². The van der Waals surface area contributed by atoms with E-state index in [-0.39, 0.29) is 29.4 Å². The lowest BCUT2D eigenvalue weighted by atomic mass is 9.73. The highest BCUT2D eigenvalue weighted by Crippen LogP contribution is 2.41. The van der Waals surface area contributed by atoms with Crippen LogP contribution < -0.4 is 10.6 Å². The average molecular weight is 524 g/mol. The van der Waals surface area contributed by atoms with Crippen molar-refractivity contribution < 1.29 is 9.47 Å². The maximum atomic E-state index is 5.51. The molecule has 2 N–H and O–H groups in total. The van der Waals surface area contributed by atoms with Crippen molar-refractivity contribution in [2.24, 2.45) is 4.99 Å². The summed E-state index contributed by atoms with van der Waals surface area (Å²) in [4.78, 5) is 6.49. The van der Waals surface area contributed by atoms with E-state index in [0.717, 1.165) is 45.0 Å². The summed E-state index contributed by atoms with van der Waals surface area (Å²) >= 11 is 1.89. The van der Waals surface area contributed by atoms with Gasteiger partial charge in [0.1, 0.15) is 0 Å². The van der Waals surface area contributed by atoms with Crippen molar-refractivity contribution in [2.45, 2.75) is 57.3 Å². The maximum Gasteiger partial charge on any atom is 0.191 e. The molecule has 0 bridgehead atoms. The summed E-state index contributed by atoms with van der Waals surface area (Å²) in [6, 6.07) is 4.48. The average Bonchev–Trinajstić information content (AvgIpc) is 3.24. The lowest BCUT2D eigenvalue weighted by Crippen LogP contribution is -2.40. The molecule has 0 radical (unpaired) electrons. The Morgan fingerprint density at radius 3 is 2.64 bits per heavy atom. The number of nitrogens with zero attached hydrogens (tertiary/aromatic N) is 1. The van der Waals surface area contributed by atoms with Crippen LogP contribution in [0.3, 0.4) is 0 Å². The number of hydrogen-bond donors (Lipinski definition) is 2. The van der Waals surface area contributed by atoms with Crippen molar-refractivity contribution >= 4 is 41.3 Å². The maximum absolute atomic E-state index is 5.51. The first-order valence-corrected chi connectivity index (χ1v) is 11.3. The van der Waals surface area contributed by atoms with Gasteiger partial charge < -0.3 is 20.1 Å². The Balaban J connectivity index is 0.00000392. The van der Waals surface area contributed by atoms with Crippen LogP contribution in [-0.2, 0) is 14.9 Å². The van der Waals surface area contributed by atoms with Gasteiger partial charge in [-0.1, -0.05) is 25.3 Å². The third-order valence-electron chi connectivity index (χ3n) is 5.18. The molecule has 0 atom stereocenters. The molecule has 1 aliphatic carbocycles. The Morgan fingerprint density at radius 1 is 1.14 bits per heavy atom. The molecule has 1 saturated carbocycles. The summed E-state index contributed by atoms with van der Waals surface area (Å²) in [5, 5.41) is 9.09. The smallest absolute Gasteiger partial charge is 0.191 e. The molecular formula is C21H38IN3O2S. The van der Waals surface area contributed by atoms with Gasteiger partial charge in [-0.25, -0.2) is 0 Å². The number of aliphatic imine (C=N–C) groups is 1. The van der Waals surface area contributed by atoms with E-state index < -0.39 is 0 Å². The highest BCUT2D eigenvalue weighted by Gasteiger charge is 2.34. The molecular weight excluding hydrogens is 485 g/mol. The van der Waals surface area contributed by atoms with Crippen LogP contribution in [0.1, 0.15) is 56.7 Å². The van der Waals surface area contributed by atoms with E-state index in [9.17, 15) is 0 Å². The van der Waals surface area contributed by atoms with Crippen LogP contribution in [0.25, 0.3) is 0 Å². The molecule has 0 saturated heterocycles. The number of thiophene rings is 1. The van der Waals surface area contributed by atoms with E-state index >= 15 is 0 Å². The monoisotopic (exact) mass is 523 g/mol. The number of nitrogens with one attached hydrogen (secondary N) is 2. The molecule has 5 nitrogen and oxygen atoms in total. The zero-order valence-corrected chi connectivity index (χ0v) is 20.7. The Morgan fingerprint density at radius 2 is 1.96 bits per heavy atom. The van der Waals surface area contributed by atoms with Gasteiger partial charge in [0.25, 0.3) is 0 Å². The topological polar surface area (TPSA) is 54.9 Å². The third kappa shape index (κ3) is 8.97. The molecule has 1 aliphatic rings. The molecule has 2 rings (SSSR count). The van der Waals surface area contributed by atoms with Crippen LogP contribution in [0.5, 0.6) is 0 Å². The standard InChI is InChI=1S/C21H37N3O2S.HI/c1-3-22-20(23-13-7-8-14-26-16-15-25-2)24-18-21(11-5-4-6-12-21)19-10-9-17-27-19;/h9-10,17H,3-8,11-16,18H2,1-2H3,(H2,22,23,24);1H. The highest BCUT2D eigenvalue weighted by molar-refractivity contribution is 14.0. The van der Waals surface area contributed by atoms with Crippen LogP contribution in [0.2, 0.25) is 0 Å².